The fraction of sp³-hybridized carbons (Fsp3) is 0.296. The van der Waals surface area contributed by atoms with Gasteiger partial charge in [-0.3, -0.25) is 9.10 Å². The van der Waals surface area contributed by atoms with Gasteiger partial charge in [-0.1, -0.05) is 41.9 Å². The molecule has 3 aromatic rings. The van der Waals surface area contributed by atoms with Gasteiger partial charge in [-0.15, -0.1) is 0 Å². The lowest BCUT2D eigenvalue weighted by Crippen LogP contribution is -2.50. The Morgan fingerprint density at radius 1 is 0.946 bits per heavy atom. The first-order chi connectivity index (χ1) is 17.8. The van der Waals surface area contributed by atoms with Gasteiger partial charge in [0.15, 0.2) is 6.61 Å². The molecule has 0 N–H and O–H groups in total. The van der Waals surface area contributed by atoms with Crippen molar-refractivity contribution in [3.8, 4) is 11.5 Å². The van der Waals surface area contributed by atoms with Crippen molar-refractivity contribution in [2.75, 3.05) is 55.4 Å². The van der Waals surface area contributed by atoms with Crippen molar-refractivity contribution in [1.82, 2.24) is 4.90 Å². The van der Waals surface area contributed by atoms with Crippen LogP contribution in [0.4, 0.5) is 11.4 Å². The van der Waals surface area contributed by atoms with Crippen LogP contribution in [0, 0.1) is 0 Å². The van der Waals surface area contributed by atoms with Crippen LogP contribution in [0.1, 0.15) is 5.56 Å². The molecule has 0 atom stereocenters. The Bertz CT molecular complexity index is 1330. The minimum absolute atomic E-state index is 0.0938. The first-order valence-corrected chi connectivity index (χ1v) is 14.1. The zero-order chi connectivity index (χ0) is 26.4. The maximum absolute atomic E-state index is 12.7. The molecule has 196 valence electrons. The Morgan fingerprint density at radius 3 is 2.24 bits per heavy atom. The molecular formula is C27H30ClN3O5S. The maximum atomic E-state index is 12.7. The van der Waals surface area contributed by atoms with Crippen LogP contribution in [-0.2, 0) is 21.4 Å². The molecule has 1 aliphatic heterocycles. The monoisotopic (exact) mass is 543 g/mol. The van der Waals surface area contributed by atoms with Crippen LogP contribution in [0.5, 0.6) is 11.5 Å². The van der Waals surface area contributed by atoms with E-state index in [4.69, 9.17) is 21.1 Å². The summed E-state index contributed by atoms with van der Waals surface area (Å²) < 4.78 is 37.4. The summed E-state index contributed by atoms with van der Waals surface area (Å²) in [7, 11) is -1.90. The highest BCUT2D eigenvalue weighted by molar-refractivity contribution is 7.92. The van der Waals surface area contributed by atoms with E-state index in [0.717, 1.165) is 17.7 Å². The summed E-state index contributed by atoms with van der Waals surface area (Å²) in [6, 6.07) is 21.6. The highest BCUT2D eigenvalue weighted by atomic mass is 35.5. The van der Waals surface area contributed by atoms with Gasteiger partial charge in [0.2, 0.25) is 10.0 Å². The topological polar surface area (TPSA) is 79.4 Å². The van der Waals surface area contributed by atoms with Crippen molar-refractivity contribution in [3.05, 3.63) is 83.4 Å². The van der Waals surface area contributed by atoms with E-state index >= 15 is 0 Å². The van der Waals surface area contributed by atoms with E-state index in [9.17, 15) is 13.2 Å². The lowest BCUT2D eigenvalue weighted by Gasteiger charge is -2.36. The van der Waals surface area contributed by atoms with Crippen LogP contribution in [0.3, 0.4) is 0 Å². The number of methoxy groups -OCH3 is 1. The number of halogens is 1. The predicted octanol–water partition coefficient (Wildman–Crippen LogP) is 4.04. The molecular weight excluding hydrogens is 514 g/mol. The maximum Gasteiger partial charge on any atom is 0.260 e. The Hall–Kier alpha value is -3.43. The molecule has 1 saturated heterocycles. The van der Waals surface area contributed by atoms with E-state index in [1.165, 1.54) is 4.31 Å². The van der Waals surface area contributed by atoms with Crippen molar-refractivity contribution in [3.63, 3.8) is 0 Å². The molecule has 1 heterocycles. The summed E-state index contributed by atoms with van der Waals surface area (Å²) in [6.45, 7) is 2.59. The van der Waals surface area contributed by atoms with E-state index in [-0.39, 0.29) is 19.1 Å². The largest absolute Gasteiger partial charge is 0.495 e. The van der Waals surface area contributed by atoms with Crippen molar-refractivity contribution >= 4 is 38.9 Å². The predicted molar refractivity (Wildman–Crippen MR) is 146 cm³/mol. The van der Waals surface area contributed by atoms with E-state index in [2.05, 4.69) is 4.90 Å². The van der Waals surface area contributed by atoms with Gasteiger partial charge < -0.3 is 19.3 Å². The van der Waals surface area contributed by atoms with Crippen LogP contribution in [0.15, 0.2) is 72.8 Å². The van der Waals surface area contributed by atoms with Crippen LogP contribution >= 0.6 is 11.6 Å². The molecule has 0 spiro atoms. The number of carbonyl (C=O) groups is 1. The number of hydrogen-bond acceptors (Lipinski definition) is 6. The number of anilines is 2. The molecule has 0 aromatic heterocycles. The number of carbonyl (C=O) groups excluding carboxylic acids is 1. The van der Waals surface area contributed by atoms with Crippen LogP contribution in [-0.4, -0.2) is 65.4 Å². The first kappa shape index (κ1) is 26.6. The van der Waals surface area contributed by atoms with E-state index < -0.39 is 10.0 Å². The smallest absolute Gasteiger partial charge is 0.260 e. The summed E-state index contributed by atoms with van der Waals surface area (Å²) in [4.78, 5) is 16.7. The van der Waals surface area contributed by atoms with Gasteiger partial charge in [0.25, 0.3) is 5.91 Å². The SMILES string of the molecule is COc1ccccc1N1CCN(C(=O)COc2ccc(N(Cc3ccccc3Cl)S(C)(=O)=O)cc2)CC1. The zero-order valence-electron chi connectivity index (χ0n) is 20.8. The molecule has 4 rings (SSSR count). The standard InChI is InChI=1S/C27H30ClN3O5S/c1-35-26-10-6-5-9-25(26)29-15-17-30(18-16-29)27(32)20-36-23-13-11-22(12-14-23)31(37(2,33)34)19-21-7-3-4-8-24(21)28/h3-14H,15-20H2,1-2H3. The van der Waals surface area contributed by atoms with Gasteiger partial charge in [-0.2, -0.15) is 0 Å². The Balaban J connectivity index is 1.33. The number of sulfonamides is 1. The number of hydrogen-bond donors (Lipinski definition) is 0. The Labute approximate surface area is 223 Å². The molecule has 0 saturated carbocycles. The highest BCUT2D eigenvalue weighted by Gasteiger charge is 2.23. The number of amides is 1. The van der Waals surface area contributed by atoms with E-state index in [0.29, 0.717) is 48.2 Å². The molecule has 1 aliphatic rings. The Morgan fingerprint density at radius 2 is 1.59 bits per heavy atom. The normalized spacial score (nSPS) is 13.8. The molecule has 37 heavy (non-hydrogen) atoms. The Kier molecular flexibility index (Phi) is 8.45. The van der Waals surface area contributed by atoms with Gasteiger partial charge in [0.05, 0.1) is 31.3 Å². The number of ether oxygens (including phenoxy) is 2. The van der Waals surface area contributed by atoms with Crippen LogP contribution in [0.2, 0.25) is 5.02 Å². The third-order valence-corrected chi connectivity index (χ3v) is 7.73. The van der Waals surface area contributed by atoms with Crippen molar-refractivity contribution < 1.29 is 22.7 Å². The minimum atomic E-state index is -3.55. The van der Waals surface area contributed by atoms with Gasteiger partial charge in [0.1, 0.15) is 11.5 Å². The second-order valence-electron chi connectivity index (χ2n) is 8.68. The average molecular weight is 544 g/mol. The quantitative estimate of drug-likeness (QED) is 0.405. The van der Waals surface area contributed by atoms with Crippen molar-refractivity contribution in [2.24, 2.45) is 0 Å². The molecule has 3 aromatic carbocycles. The van der Waals surface area contributed by atoms with E-state index in [1.807, 2.05) is 30.3 Å². The summed E-state index contributed by atoms with van der Waals surface area (Å²) in [5.41, 5.74) is 2.20. The van der Waals surface area contributed by atoms with Crippen LogP contribution in [0.25, 0.3) is 0 Å². The van der Waals surface area contributed by atoms with Crippen molar-refractivity contribution in [2.45, 2.75) is 6.54 Å². The summed E-state index contributed by atoms with van der Waals surface area (Å²) in [5, 5.41) is 0.498. The second kappa shape index (κ2) is 11.7. The first-order valence-electron chi connectivity index (χ1n) is 11.9. The van der Waals surface area contributed by atoms with Gasteiger partial charge in [-0.05, 0) is 48.0 Å². The fourth-order valence-electron chi connectivity index (χ4n) is 4.21. The van der Waals surface area contributed by atoms with Gasteiger partial charge in [0, 0.05) is 31.2 Å². The molecule has 0 radical (unpaired) electrons. The molecule has 0 aliphatic carbocycles. The third-order valence-electron chi connectivity index (χ3n) is 6.22. The summed E-state index contributed by atoms with van der Waals surface area (Å²) in [5.74, 6) is 1.20. The average Bonchev–Trinajstić information content (AvgIpc) is 2.91. The summed E-state index contributed by atoms with van der Waals surface area (Å²) in [6.07, 6.45) is 1.15. The molecule has 1 amide bonds. The molecule has 0 bridgehead atoms. The third kappa shape index (κ3) is 6.67. The lowest BCUT2D eigenvalue weighted by molar-refractivity contribution is -0.133. The summed E-state index contributed by atoms with van der Waals surface area (Å²) >= 11 is 6.23. The number of nitrogens with zero attached hydrogens (tertiary/aromatic N) is 3. The van der Waals surface area contributed by atoms with Crippen molar-refractivity contribution in [1.29, 1.82) is 0 Å². The van der Waals surface area contributed by atoms with Gasteiger partial charge in [-0.25, -0.2) is 8.42 Å². The van der Waals surface area contributed by atoms with Gasteiger partial charge >= 0.3 is 0 Å². The minimum Gasteiger partial charge on any atom is -0.495 e. The van der Waals surface area contributed by atoms with E-state index in [1.54, 1.807) is 54.5 Å². The number of para-hydroxylation sites is 2. The molecule has 1 fully saturated rings. The lowest BCUT2D eigenvalue weighted by atomic mass is 10.2. The zero-order valence-corrected chi connectivity index (χ0v) is 22.4. The molecule has 8 nitrogen and oxygen atoms in total. The highest BCUT2D eigenvalue weighted by Crippen LogP contribution is 2.29. The number of piperazine rings is 1. The fourth-order valence-corrected chi connectivity index (χ4v) is 5.29. The molecule has 0 unspecified atom stereocenters. The number of rotatable bonds is 9. The second-order valence-corrected chi connectivity index (χ2v) is 11.0. The molecule has 10 heteroatoms. The van der Waals surface area contributed by atoms with Crippen LogP contribution < -0.4 is 18.7 Å². The number of benzene rings is 3.